The summed E-state index contributed by atoms with van der Waals surface area (Å²) in [6.45, 7) is 0.277. The lowest BCUT2D eigenvalue weighted by molar-refractivity contribution is 0.174. The second-order valence-electron chi connectivity index (χ2n) is 4.81. The maximum atomic E-state index is 5.43. The van der Waals surface area contributed by atoms with Crippen molar-refractivity contribution in [2.24, 2.45) is 0 Å². The van der Waals surface area contributed by atoms with Gasteiger partial charge in [-0.05, 0) is 24.3 Å². The summed E-state index contributed by atoms with van der Waals surface area (Å²) in [6, 6.07) is 13.8. The van der Waals surface area contributed by atoms with Crippen LogP contribution in [0.4, 0.5) is 11.5 Å². The van der Waals surface area contributed by atoms with Gasteiger partial charge in [0.25, 0.3) is 0 Å². The topological polar surface area (TPSA) is 47.5 Å². The van der Waals surface area contributed by atoms with Crippen LogP contribution < -0.4 is 14.4 Å². The van der Waals surface area contributed by atoms with Gasteiger partial charge in [-0.1, -0.05) is 12.1 Å². The van der Waals surface area contributed by atoms with Crippen LogP contribution in [0.3, 0.4) is 0 Å². The van der Waals surface area contributed by atoms with Crippen molar-refractivity contribution >= 4 is 22.4 Å². The largest absolute Gasteiger partial charge is 0.454 e. The fraction of sp³-hybridized carbons (Fsp3) is 0.125. The van der Waals surface area contributed by atoms with E-state index in [-0.39, 0.29) is 6.79 Å². The van der Waals surface area contributed by atoms with Crippen molar-refractivity contribution in [3.8, 4) is 11.5 Å². The third-order valence-corrected chi connectivity index (χ3v) is 3.58. The highest BCUT2D eigenvalue weighted by Crippen LogP contribution is 2.37. The van der Waals surface area contributed by atoms with Crippen LogP contribution in [0.25, 0.3) is 10.9 Å². The zero-order chi connectivity index (χ0) is 14.2. The van der Waals surface area contributed by atoms with Crippen LogP contribution in [-0.4, -0.2) is 23.8 Å². The number of hydrogen-bond donors (Lipinski definition) is 0. The fourth-order valence-electron chi connectivity index (χ4n) is 2.47. The molecule has 0 radical (unpaired) electrons. The molecular weight excluding hydrogens is 266 g/mol. The number of nitrogens with zero attached hydrogens (tertiary/aromatic N) is 3. The summed E-state index contributed by atoms with van der Waals surface area (Å²) < 4.78 is 10.8. The van der Waals surface area contributed by atoms with Crippen molar-refractivity contribution in [1.82, 2.24) is 9.97 Å². The second-order valence-corrected chi connectivity index (χ2v) is 4.81. The van der Waals surface area contributed by atoms with E-state index >= 15 is 0 Å². The predicted octanol–water partition coefficient (Wildman–Crippen LogP) is 3.13. The molecule has 0 N–H and O–H groups in total. The number of rotatable bonds is 2. The van der Waals surface area contributed by atoms with Crippen molar-refractivity contribution in [3.63, 3.8) is 0 Å². The average Bonchev–Trinajstić information content (AvgIpc) is 3.01. The summed E-state index contributed by atoms with van der Waals surface area (Å²) >= 11 is 0. The van der Waals surface area contributed by atoms with Crippen LogP contribution in [0.5, 0.6) is 11.5 Å². The van der Waals surface area contributed by atoms with Gasteiger partial charge in [0.2, 0.25) is 6.79 Å². The highest BCUT2D eigenvalue weighted by Gasteiger charge is 2.16. The Morgan fingerprint density at radius 3 is 2.81 bits per heavy atom. The van der Waals surface area contributed by atoms with Gasteiger partial charge in [0.15, 0.2) is 11.5 Å². The van der Waals surface area contributed by atoms with Crippen LogP contribution in [0.15, 0.2) is 48.8 Å². The first-order valence-corrected chi connectivity index (χ1v) is 6.66. The van der Waals surface area contributed by atoms with Gasteiger partial charge in [0.1, 0.15) is 12.1 Å². The number of benzene rings is 2. The molecule has 5 nitrogen and oxygen atoms in total. The lowest BCUT2D eigenvalue weighted by Gasteiger charge is -2.20. The summed E-state index contributed by atoms with van der Waals surface area (Å²) in [7, 11) is 1.98. The number of anilines is 2. The molecule has 1 aliphatic heterocycles. The Balaban J connectivity index is 1.81. The lowest BCUT2D eigenvalue weighted by atomic mass is 10.2. The SMILES string of the molecule is CN(c1ccc2c(c1)OCO2)c1ncnc2ccccc12. The normalized spacial score (nSPS) is 12.6. The molecule has 0 bridgehead atoms. The standard InChI is InChI=1S/C16H13N3O2/c1-19(11-6-7-14-15(8-11)21-10-20-14)16-12-4-2-3-5-13(12)17-9-18-16/h2-9H,10H2,1H3. The average molecular weight is 279 g/mol. The molecule has 0 fully saturated rings. The molecule has 0 saturated carbocycles. The van der Waals surface area contributed by atoms with Gasteiger partial charge in [-0.2, -0.15) is 0 Å². The Hall–Kier alpha value is -2.82. The Bertz CT molecular complexity index is 814. The van der Waals surface area contributed by atoms with E-state index in [1.54, 1.807) is 6.33 Å². The number of hydrogen-bond acceptors (Lipinski definition) is 5. The molecule has 0 amide bonds. The molecule has 104 valence electrons. The first-order chi connectivity index (χ1) is 10.3. The summed E-state index contributed by atoms with van der Waals surface area (Å²) in [5.41, 5.74) is 1.91. The smallest absolute Gasteiger partial charge is 0.231 e. The second kappa shape index (κ2) is 4.63. The van der Waals surface area contributed by atoms with Crippen LogP contribution in [0.2, 0.25) is 0 Å². The van der Waals surface area contributed by atoms with Gasteiger partial charge >= 0.3 is 0 Å². The minimum atomic E-state index is 0.277. The van der Waals surface area contributed by atoms with Gasteiger partial charge in [0.05, 0.1) is 5.52 Å². The van der Waals surface area contributed by atoms with Crippen molar-refractivity contribution in [1.29, 1.82) is 0 Å². The third kappa shape index (κ3) is 1.94. The molecular formula is C16H13N3O2. The Morgan fingerprint density at radius 1 is 1.00 bits per heavy atom. The first-order valence-electron chi connectivity index (χ1n) is 6.66. The molecule has 5 heteroatoms. The minimum Gasteiger partial charge on any atom is -0.454 e. The summed E-state index contributed by atoms with van der Waals surface area (Å²) in [5, 5.41) is 1.01. The van der Waals surface area contributed by atoms with Crippen LogP contribution >= 0.6 is 0 Å². The third-order valence-electron chi connectivity index (χ3n) is 3.58. The van der Waals surface area contributed by atoms with Crippen LogP contribution in [0.1, 0.15) is 0 Å². The summed E-state index contributed by atoms with van der Waals surface area (Å²) in [4.78, 5) is 10.7. The number of para-hydroxylation sites is 1. The maximum Gasteiger partial charge on any atom is 0.231 e. The van der Waals surface area contributed by atoms with E-state index in [4.69, 9.17) is 9.47 Å². The van der Waals surface area contributed by atoms with E-state index in [1.165, 1.54) is 0 Å². The van der Waals surface area contributed by atoms with Crippen molar-refractivity contribution in [2.45, 2.75) is 0 Å². The summed E-state index contributed by atoms with van der Waals surface area (Å²) in [6.07, 6.45) is 1.58. The number of ether oxygens (including phenoxy) is 2. The first kappa shape index (κ1) is 12.0. The highest BCUT2D eigenvalue weighted by atomic mass is 16.7. The maximum absolute atomic E-state index is 5.43. The Morgan fingerprint density at radius 2 is 1.86 bits per heavy atom. The Kier molecular flexibility index (Phi) is 2.64. The van der Waals surface area contributed by atoms with Gasteiger partial charge in [-0.25, -0.2) is 9.97 Å². The van der Waals surface area contributed by atoms with E-state index in [9.17, 15) is 0 Å². The molecule has 1 aromatic heterocycles. The van der Waals surface area contributed by atoms with Gasteiger partial charge < -0.3 is 14.4 Å². The van der Waals surface area contributed by atoms with Crippen molar-refractivity contribution < 1.29 is 9.47 Å². The number of aromatic nitrogens is 2. The van der Waals surface area contributed by atoms with Crippen molar-refractivity contribution in [3.05, 3.63) is 48.8 Å². The Labute approximate surface area is 121 Å². The highest BCUT2D eigenvalue weighted by molar-refractivity contribution is 5.91. The summed E-state index contributed by atoms with van der Waals surface area (Å²) in [5.74, 6) is 2.40. The van der Waals surface area contributed by atoms with E-state index in [1.807, 2.05) is 54.4 Å². The monoisotopic (exact) mass is 279 g/mol. The van der Waals surface area contributed by atoms with Gasteiger partial charge in [0, 0.05) is 24.2 Å². The van der Waals surface area contributed by atoms with Gasteiger partial charge in [-0.3, -0.25) is 0 Å². The van der Waals surface area contributed by atoms with Crippen LogP contribution in [-0.2, 0) is 0 Å². The van der Waals surface area contributed by atoms with Crippen molar-refractivity contribution in [2.75, 3.05) is 18.7 Å². The minimum absolute atomic E-state index is 0.277. The molecule has 0 atom stereocenters. The zero-order valence-corrected chi connectivity index (χ0v) is 11.5. The quantitative estimate of drug-likeness (QED) is 0.721. The van der Waals surface area contributed by atoms with E-state index in [2.05, 4.69) is 9.97 Å². The molecule has 0 spiro atoms. The molecule has 4 rings (SSSR count). The lowest BCUT2D eigenvalue weighted by Crippen LogP contribution is -2.11. The van der Waals surface area contributed by atoms with E-state index < -0.39 is 0 Å². The predicted molar refractivity (Wildman–Crippen MR) is 80.2 cm³/mol. The molecule has 1 aliphatic rings. The number of fused-ring (bicyclic) bond motifs is 2. The molecule has 2 aromatic carbocycles. The van der Waals surface area contributed by atoms with E-state index in [0.717, 1.165) is 33.9 Å². The molecule has 21 heavy (non-hydrogen) atoms. The molecule has 0 saturated heterocycles. The van der Waals surface area contributed by atoms with E-state index in [0.29, 0.717) is 0 Å². The zero-order valence-electron chi connectivity index (χ0n) is 11.5. The van der Waals surface area contributed by atoms with Crippen LogP contribution in [0, 0.1) is 0 Å². The fourth-order valence-corrected chi connectivity index (χ4v) is 2.47. The molecule has 3 aromatic rings. The van der Waals surface area contributed by atoms with Gasteiger partial charge in [-0.15, -0.1) is 0 Å². The molecule has 2 heterocycles. The molecule has 0 unspecified atom stereocenters. The molecule has 0 aliphatic carbocycles.